The molecule has 8 heteroatoms. The van der Waals surface area contributed by atoms with Gasteiger partial charge in [0.2, 0.25) is 5.95 Å². The molecule has 0 aliphatic carbocycles. The van der Waals surface area contributed by atoms with Gasteiger partial charge in [0.05, 0.1) is 24.9 Å². The van der Waals surface area contributed by atoms with Gasteiger partial charge in [0.1, 0.15) is 0 Å². The maximum Gasteiger partial charge on any atom is 0.247 e. The minimum absolute atomic E-state index is 0.173. The molecule has 27 heavy (non-hydrogen) atoms. The summed E-state index contributed by atoms with van der Waals surface area (Å²) in [7, 11) is 0. The van der Waals surface area contributed by atoms with Crippen LogP contribution in [0.4, 0.5) is 5.95 Å². The van der Waals surface area contributed by atoms with E-state index >= 15 is 0 Å². The van der Waals surface area contributed by atoms with Crippen molar-refractivity contribution in [2.45, 2.75) is 6.04 Å². The van der Waals surface area contributed by atoms with Crippen molar-refractivity contribution in [3.63, 3.8) is 0 Å². The highest BCUT2D eigenvalue weighted by Crippen LogP contribution is 2.24. The SMILES string of the molecule is Clc1ccc(C(CNc2nnnn2-c2ccccc2)N2CCOCC2)cc1. The molecule has 2 heterocycles. The van der Waals surface area contributed by atoms with Crippen LogP contribution in [-0.2, 0) is 4.74 Å². The molecule has 0 amide bonds. The molecular formula is C19H21ClN6O. The number of halogens is 1. The van der Waals surface area contributed by atoms with Crippen LogP contribution in [0.5, 0.6) is 0 Å². The fourth-order valence-corrected chi connectivity index (χ4v) is 3.39. The maximum atomic E-state index is 6.07. The molecule has 140 valence electrons. The van der Waals surface area contributed by atoms with Crippen molar-refractivity contribution in [3.8, 4) is 5.69 Å². The third kappa shape index (κ3) is 4.27. The molecule has 1 aliphatic rings. The van der Waals surface area contributed by atoms with Crippen molar-refractivity contribution < 1.29 is 4.74 Å². The van der Waals surface area contributed by atoms with Crippen molar-refractivity contribution in [2.24, 2.45) is 0 Å². The number of benzene rings is 2. The van der Waals surface area contributed by atoms with Crippen LogP contribution in [0, 0.1) is 0 Å². The standard InChI is InChI=1S/C19H21ClN6O/c20-16-8-6-15(7-9-16)18(25-10-12-27-13-11-25)14-21-19-22-23-24-26(19)17-4-2-1-3-5-17/h1-9,18H,10-14H2,(H,21,22,24). The summed E-state index contributed by atoms with van der Waals surface area (Å²) in [6.07, 6.45) is 0. The first kappa shape index (κ1) is 17.9. The average molecular weight is 385 g/mol. The summed E-state index contributed by atoms with van der Waals surface area (Å²) in [5.41, 5.74) is 2.12. The highest BCUT2D eigenvalue weighted by atomic mass is 35.5. The Morgan fingerprint density at radius 1 is 1.04 bits per heavy atom. The Morgan fingerprint density at radius 3 is 2.52 bits per heavy atom. The minimum atomic E-state index is 0.173. The van der Waals surface area contributed by atoms with Gasteiger partial charge >= 0.3 is 0 Å². The third-order valence-corrected chi connectivity index (χ3v) is 4.92. The molecule has 2 aromatic carbocycles. The number of ether oxygens (including phenoxy) is 1. The summed E-state index contributed by atoms with van der Waals surface area (Å²) in [5, 5.41) is 16.2. The summed E-state index contributed by atoms with van der Waals surface area (Å²) in [5.74, 6) is 0.619. The van der Waals surface area contributed by atoms with Gasteiger partial charge in [-0.05, 0) is 40.3 Å². The molecule has 0 spiro atoms. The fraction of sp³-hybridized carbons (Fsp3) is 0.316. The van der Waals surface area contributed by atoms with Crippen LogP contribution in [0.25, 0.3) is 5.69 Å². The lowest BCUT2D eigenvalue weighted by Crippen LogP contribution is -2.41. The molecule has 3 aromatic rings. The molecule has 1 unspecified atom stereocenters. The lowest BCUT2D eigenvalue weighted by Gasteiger charge is -2.35. The number of hydrogen-bond acceptors (Lipinski definition) is 6. The van der Waals surface area contributed by atoms with E-state index in [2.05, 4.69) is 37.9 Å². The number of nitrogens with zero attached hydrogens (tertiary/aromatic N) is 5. The zero-order valence-corrected chi connectivity index (χ0v) is 15.6. The number of aromatic nitrogens is 4. The molecule has 1 aromatic heterocycles. The number of nitrogens with one attached hydrogen (secondary N) is 1. The number of tetrazole rings is 1. The van der Waals surface area contributed by atoms with E-state index in [0.717, 1.165) is 37.0 Å². The Morgan fingerprint density at radius 2 is 1.78 bits per heavy atom. The van der Waals surface area contributed by atoms with Crippen LogP contribution in [-0.4, -0.2) is 58.0 Å². The predicted octanol–water partition coefficient (Wildman–Crippen LogP) is 2.80. The van der Waals surface area contributed by atoms with Crippen molar-refractivity contribution in [2.75, 3.05) is 38.2 Å². The maximum absolute atomic E-state index is 6.07. The Hall–Kier alpha value is -2.48. The highest BCUT2D eigenvalue weighted by Gasteiger charge is 2.23. The van der Waals surface area contributed by atoms with Crippen LogP contribution in [0.2, 0.25) is 5.02 Å². The largest absolute Gasteiger partial charge is 0.379 e. The molecule has 0 saturated carbocycles. The van der Waals surface area contributed by atoms with Gasteiger partial charge in [-0.3, -0.25) is 4.90 Å². The van der Waals surface area contributed by atoms with E-state index in [1.807, 2.05) is 42.5 Å². The fourth-order valence-electron chi connectivity index (χ4n) is 3.26. The summed E-state index contributed by atoms with van der Waals surface area (Å²) < 4.78 is 7.22. The van der Waals surface area contributed by atoms with E-state index in [4.69, 9.17) is 16.3 Å². The van der Waals surface area contributed by atoms with Crippen LogP contribution in [0.1, 0.15) is 11.6 Å². The van der Waals surface area contributed by atoms with Crippen molar-refractivity contribution in [3.05, 3.63) is 65.2 Å². The Balaban J connectivity index is 1.54. The molecule has 7 nitrogen and oxygen atoms in total. The zero-order chi connectivity index (χ0) is 18.5. The monoisotopic (exact) mass is 384 g/mol. The van der Waals surface area contributed by atoms with Crippen molar-refractivity contribution >= 4 is 17.5 Å². The van der Waals surface area contributed by atoms with E-state index in [1.165, 1.54) is 5.56 Å². The number of anilines is 1. The first-order chi connectivity index (χ1) is 13.3. The highest BCUT2D eigenvalue weighted by molar-refractivity contribution is 6.30. The smallest absolute Gasteiger partial charge is 0.247 e. The normalized spacial score (nSPS) is 16.2. The molecular weight excluding hydrogens is 364 g/mol. The minimum Gasteiger partial charge on any atom is -0.379 e. The van der Waals surface area contributed by atoms with Crippen LogP contribution >= 0.6 is 11.6 Å². The lowest BCUT2D eigenvalue weighted by atomic mass is 10.0. The van der Waals surface area contributed by atoms with E-state index in [1.54, 1.807) is 4.68 Å². The molecule has 0 bridgehead atoms. The third-order valence-electron chi connectivity index (χ3n) is 4.67. The second-order valence-electron chi connectivity index (χ2n) is 6.35. The van der Waals surface area contributed by atoms with Gasteiger partial charge in [-0.15, -0.1) is 0 Å². The van der Waals surface area contributed by atoms with E-state index < -0.39 is 0 Å². The number of para-hydroxylation sites is 1. The number of hydrogen-bond donors (Lipinski definition) is 1. The van der Waals surface area contributed by atoms with Gasteiger partial charge in [-0.25, -0.2) is 0 Å². The predicted molar refractivity (Wildman–Crippen MR) is 104 cm³/mol. The summed E-state index contributed by atoms with van der Waals surface area (Å²) >= 11 is 6.07. The quantitative estimate of drug-likeness (QED) is 0.704. The first-order valence-electron chi connectivity index (χ1n) is 8.96. The van der Waals surface area contributed by atoms with E-state index in [9.17, 15) is 0 Å². The topological polar surface area (TPSA) is 68.1 Å². The summed E-state index contributed by atoms with van der Waals surface area (Å²) in [4.78, 5) is 2.41. The van der Waals surface area contributed by atoms with Gasteiger partial charge in [0.15, 0.2) is 0 Å². The van der Waals surface area contributed by atoms with Crippen LogP contribution in [0.3, 0.4) is 0 Å². The van der Waals surface area contributed by atoms with Gasteiger partial charge < -0.3 is 10.1 Å². The van der Waals surface area contributed by atoms with Gasteiger partial charge in [-0.2, -0.15) is 4.68 Å². The lowest BCUT2D eigenvalue weighted by molar-refractivity contribution is 0.0187. The Labute approximate surface area is 162 Å². The molecule has 1 saturated heterocycles. The van der Waals surface area contributed by atoms with Gasteiger partial charge in [0, 0.05) is 24.7 Å². The van der Waals surface area contributed by atoms with Gasteiger partial charge in [-0.1, -0.05) is 47.0 Å². The molecule has 4 rings (SSSR count). The van der Waals surface area contributed by atoms with Crippen molar-refractivity contribution in [1.29, 1.82) is 0 Å². The Bertz CT molecular complexity index is 848. The zero-order valence-electron chi connectivity index (χ0n) is 14.8. The molecule has 1 atom stereocenters. The van der Waals surface area contributed by atoms with Crippen molar-refractivity contribution in [1.82, 2.24) is 25.1 Å². The Kier molecular flexibility index (Phi) is 5.62. The van der Waals surface area contributed by atoms with E-state index in [0.29, 0.717) is 12.5 Å². The molecule has 1 aliphatic heterocycles. The van der Waals surface area contributed by atoms with Crippen LogP contribution in [0.15, 0.2) is 54.6 Å². The average Bonchev–Trinajstić information content (AvgIpc) is 3.19. The number of morpholine rings is 1. The second kappa shape index (κ2) is 8.47. The molecule has 0 radical (unpaired) electrons. The molecule has 1 fully saturated rings. The second-order valence-corrected chi connectivity index (χ2v) is 6.78. The first-order valence-corrected chi connectivity index (χ1v) is 9.34. The van der Waals surface area contributed by atoms with Crippen LogP contribution < -0.4 is 5.32 Å². The molecule has 1 N–H and O–H groups in total. The summed E-state index contributed by atoms with van der Waals surface area (Å²) in [6, 6.07) is 18.0. The summed E-state index contributed by atoms with van der Waals surface area (Å²) in [6.45, 7) is 3.93. The van der Waals surface area contributed by atoms with Gasteiger partial charge in [0.25, 0.3) is 0 Å². The van der Waals surface area contributed by atoms with E-state index in [-0.39, 0.29) is 6.04 Å². The number of rotatable bonds is 6.